The minimum absolute atomic E-state index is 0.245. The molecule has 4 fully saturated rings. The Hall–Kier alpha value is -0.340. The van der Waals surface area contributed by atoms with Gasteiger partial charge in [0.15, 0.2) is 5.79 Å². The Morgan fingerprint density at radius 3 is 2.61 bits per heavy atom. The molecule has 2 heteroatoms. The molecule has 23 heavy (non-hydrogen) atoms. The molecule has 0 unspecified atom stereocenters. The van der Waals surface area contributed by atoms with Crippen LogP contribution in [0.2, 0.25) is 0 Å². The first kappa shape index (κ1) is 15.0. The van der Waals surface area contributed by atoms with Gasteiger partial charge in [-0.05, 0) is 60.7 Å². The van der Waals surface area contributed by atoms with Crippen molar-refractivity contribution in [3.63, 3.8) is 0 Å². The summed E-state index contributed by atoms with van der Waals surface area (Å²) in [6, 6.07) is 0. The topological polar surface area (TPSA) is 18.5 Å². The quantitative estimate of drug-likeness (QED) is 0.589. The minimum atomic E-state index is -0.245. The molecule has 1 heterocycles. The van der Waals surface area contributed by atoms with Crippen LogP contribution in [0.15, 0.2) is 12.2 Å². The fourth-order valence-electron chi connectivity index (χ4n) is 7.50. The van der Waals surface area contributed by atoms with Gasteiger partial charge in [-0.3, -0.25) is 0 Å². The van der Waals surface area contributed by atoms with Gasteiger partial charge in [-0.2, -0.15) is 0 Å². The van der Waals surface area contributed by atoms with Crippen molar-refractivity contribution in [1.82, 2.24) is 0 Å². The molecule has 1 spiro atoms. The van der Waals surface area contributed by atoms with Crippen LogP contribution in [0.5, 0.6) is 0 Å². The standard InChI is InChI=1S/C21H32O2/c1-19-9-5-7-16(19)18-17(8-11-19)20(2)10-4-3-6-15(20)14-21(18)22-12-13-23-21/h5,9,15-18H,3-4,6-8,10-14H2,1-2H3/t15-,16+,17+,18+,19+,20+/m1/s1. The van der Waals surface area contributed by atoms with Gasteiger partial charge < -0.3 is 9.47 Å². The molecule has 0 bridgehead atoms. The van der Waals surface area contributed by atoms with E-state index in [2.05, 4.69) is 26.0 Å². The first-order valence-electron chi connectivity index (χ1n) is 10.0. The second-order valence-corrected chi connectivity index (χ2v) is 9.58. The molecule has 0 amide bonds. The lowest BCUT2D eigenvalue weighted by atomic mass is 9.44. The van der Waals surface area contributed by atoms with Gasteiger partial charge in [0.1, 0.15) is 0 Å². The average molecular weight is 316 g/mol. The molecule has 0 radical (unpaired) electrons. The third-order valence-electron chi connectivity index (χ3n) is 8.71. The van der Waals surface area contributed by atoms with Crippen molar-refractivity contribution in [3.05, 3.63) is 12.2 Å². The highest BCUT2D eigenvalue weighted by Crippen LogP contribution is 2.68. The third-order valence-corrected chi connectivity index (χ3v) is 8.71. The zero-order chi connectivity index (χ0) is 15.7. The fourth-order valence-corrected chi connectivity index (χ4v) is 7.50. The lowest BCUT2D eigenvalue weighted by molar-refractivity contribution is -0.294. The van der Waals surface area contributed by atoms with Crippen LogP contribution in [-0.4, -0.2) is 19.0 Å². The number of allylic oxidation sites excluding steroid dienone is 2. The van der Waals surface area contributed by atoms with Gasteiger partial charge in [-0.25, -0.2) is 0 Å². The molecule has 5 aliphatic rings. The Morgan fingerprint density at radius 2 is 1.78 bits per heavy atom. The summed E-state index contributed by atoms with van der Waals surface area (Å²) in [4.78, 5) is 0. The Bertz CT molecular complexity index is 520. The summed E-state index contributed by atoms with van der Waals surface area (Å²) in [5.41, 5.74) is 0.925. The molecule has 0 aromatic heterocycles. The van der Waals surface area contributed by atoms with Crippen LogP contribution in [0.4, 0.5) is 0 Å². The van der Waals surface area contributed by atoms with E-state index in [4.69, 9.17) is 9.47 Å². The largest absolute Gasteiger partial charge is 0.347 e. The molecular weight excluding hydrogens is 284 g/mol. The molecule has 128 valence electrons. The van der Waals surface area contributed by atoms with Crippen LogP contribution < -0.4 is 0 Å². The monoisotopic (exact) mass is 316 g/mol. The normalized spacial score (nSPS) is 53.8. The second-order valence-electron chi connectivity index (χ2n) is 9.58. The number of hydrogen-bond acceptors (Lipinski definition) is 2. The Morgan fingerprint density at radius 1 is 0.957 bits per heavy atom. The molecule has 1 aliphatic heterocycles. The van der Waals surface area contributed by atoms with E-state index < -0.39 is 0 Å². The van der Waals surface area contributed by atoms with Crippen molar-refractivity contribution in [2.45, 2.75) is 71.0 Å². The summed E-state index contributed by atoms with van der Waals surface area (Å²) in [5, 5.41) is 0. The van der Waals surface area contributed by atoms with Gasteiger partial charge in [0.2, 0.25) is 0 Å². The summed E-state index contributed by atoms with van der Waals surface area (Å²) in [6.07, 6.45) is 15.8. The van der Waals surface area contributed by atoms with Crippen LogP contribution >= 0.6 is 0 Å². The van der Waals surface area contributed by atoms with Crippen LogP contribution in [0.25, 0.3) is 0 Å². The Labute approximate surface area is 141 Å². The second kappa shape index (κ2) is 4.85. The summed E-state index contributed by atoms with van der Waals surface area (Å²) >= 11 is 0. The van der Waals surface area contributed by atoms with Crippen LogP contribution in [0.1, 0.15) is 65.2 Å². The van der Waals surface area contributed by atoms with Crippen molar-refractivity contribution in [2.24, 2.45) is 34.5 Å². The number of hydrogen-bond donors (Lipinski definition) is 0. The first-order chi connectivity index (χ1) is 11.1. The molecule has 0 N–H and O–H groups in total. The van der Waals surface area contributed by atoms with Crippen LogP contribution in [0, 0.1) is 34.5 Å². The molecule has 2 nitrogen and oxygen atoms in total. The molecule has 6 atom stereocenters. The zero-order valence-corrected chi connectivity index (χ0v) is 14.9. The van der Waals surface area contributed by atoms with Gasteiger partial charge >= 0.3 is 0 Å². The number of ether oxygens (including phenoxy) is 2. The van der Waals surface area contributed by atoms with E-state index >= 15 is 0 Å². The van der Waals surface area contributed by atoms with E-state index in [9.17, 15) is 0 Å². The highest BCUT2D eigenvalue weighted by Gasteiger charge is 2.66. The SMILES string of the molecule is C[C@]12CCCC[C@@H]1CC1(OCCO1)[C@@H]1[C@@H]2CC[C@]2(C)C=CC[C@@H]12. The molecule has 0 aromatic carbocycles. The molecule has 4 aliphatic carbocycles. The van der Waals surface area contributed by atoms with Crippen LogP contribution in [-0.2, 0) is 9.47 Å². The molecular formula is C21H32O2. The maximum atomic E-state index is 6.45. The molecule has 0 aromatic rings. The van der Waals surface area contributed by atoms with Gasteiger partial charge in [0.25, 0.3) is 0 Å². The van der Waals surface area contributed by atoms with Gasteiger partial charge in [0.05, 0.1) is 13.2 Å². The third kappa shape index (κ3) is 1.88. The van der Waals surface area contributed by atoms with E-state index in [1.165, 1.54) is 44.9 Å². The van der Waals surface area contributed by atoms with Crippen molar-refractivity contribution in [1.29, 1.82) is 0 Å². The maximum Gasteiger partial charge on any atom is 0.172 e. The molecule has 3 saturated carbocycles. The Kier molecular flexibility index (Phi) is 3.15. The van der Waals surface area contributed by atoms with Gasteiger partial charge in [0, 0.05) is 12.3 Å². The van der Waals surface area contributed by atoms with E-state index in [0.29, 0.717) is 16.7 Å². The van der Waals surface area contributed by atoms with Crippen molar-refractivity contribution >= 4 is 0 Å². The number of fused-ring (bicyclic) bond motifs is 6. The average Bonchev–Trinajstić information content (AvgIpc) is 3.15. The lowest BCUT2D eigenvalue weighted by Crippen LogP contribution is -2.63. The summed E-state index contributed by atoms with van der Waals surface area (Å²) in [7, 11) is 0. The number of rotatable bonds is 0. The first-order valence-corrected chi connectivity index (χ1v) is 10.0. The van der Waals surface area contributed by atoms with E-state index in [1.807, 2.05) is 0 Å². The summed E-state index contributed by atoms with van der Waals surface area (Å²) < 4.78 is 12.9. The van der Waals surface area contributed by atoms with E-state index in [1.54, 1.807) is 0 Å². The van der Waals surface area contributed by atoms with E-state index in [0.717, 1.165) is 37.4 Å². The summed E-state index contributed by atoms with van der Waals surface area (Å²) in [6.45, 7) is 6.74. The lowest BCUT2D eigenvalue weighted by Gasteiger charge is -2.64. The Balaban J connectivity index is 1.59. The van der Waals surface area contributed by atoms with Crippen LogP contribution in [0.3, 0.4) is 0 Å². The molecule has 5 rings (SSSR count). The van der Waals surface area contributed by atoms with Crippen molar-refractivity contribution in [3.8, 4) is 0 Å². The van der Waals surface area contributed by atoms with Crippen molar-refractivity contribution < 1.29 is 9.47 Å². The van der Waals surface area contributed by atoms with Gasteiger partial charge in [-0.1, -0.05) is 38.8 Å². The maximum absolute atomic E-state index is 6.45. The molecule has 1 saturated heterocycles. The zero-order valence-electron chi connectivity index (χ0n) is 14.9. The fraction of sp³-hybridized carbons (Fsp3) is 0.905. The highest BCUT2D eigenvalue weighted by atomic mass is 16.7. The predicted molar refractivity (Wildman–Crippen MR) is 90.9 cm³/mol. The van der Waals surface area contributed by atoms with Gasteiger partial charge in [-0.15, -0.1) is 0 Å². The van der Waals surface area contributed by atoms with E-state index in [-0.39, 0.29) is 5.79 Å². The predicted octanol–water partition coefficient (Wildman–Crippen LogP) is 4.94. The summed E-state index contributed by atoms with van der Waals surface area (Å²) in [5.74, 6) is 2.72. The highest BCUT2D eigenvalue weighted by molar-refractivity contribution is 5.19. The smallest absolute Gasteiger partial charge is 0.172 e. The minimum Gasteiger partial charge on any atom is -0.347 e. The van der Waals surface area contributed by atoms with Crippen molar-refractivity contribution in [2.75, 3.05) is 13.2 Å².